The lowest BCUT2D eigenvalue weighted by Gasteiger charge is -2.38. The van der Waals surface area contributed by atoms with Crippen LogP contribution >= 0.6 is 15.9 Å². The molecule has 94 valence electrons. The molecule has 0 aliphatic carbocycles. The molecule has 17 heavy (non-hydrogen) atoms. The second-order valence-corrected chi connectivity index (χ2v) is 5.68. The highest BCUT2D eigenvalue weighted by Crippen LogP contribution is 2.28. The average Bonchev–Trinajstić information content (AvgIpc) is 2.34. The van der Waals surface area contributed by atoms with Crippen LogP contribution in [0.1, 0.15) is 31.9 Å². The molecule has 4 heteroatoms. The molecule has 1 aliphatic rings. The van der Waals surface area contributed by atoms with Crippen molar-refractivity contribution >= 4 is 15.9 Å². The quantitative estimate of drug-likeness (QED) is 0.904. The van der Waals surface area contributed by atoms with Gasteiger partial charge in [0.05, 0.1) is 12.7 Å². The summed E-state index contributed by atoms with van der Waals surface area (Å²) >= 11 is 3.36. The van der Waals surface area contributed by atoms with Crippen molar-refractivity contribution in [2.45, 2.75) is 31.9 Å². The van der Waals surface area contributed by atoms with E-state index in [9.17, 15) is 4.39 Å². The SMILES string of the molecule is CCC1(C)COC(c2cc(Br)ccc2F)CN1. The molecule has 0 spiro atoms. The molecule has 2 nitrogen and oxygen atoms in total. The van der Waals surface area contributed by atoms with Gasteiger partial charge in [0.15, 0.2) is 0 Å². The first kappa shape index (κ1) is 13.0. The summed E-state index contributed by atoms with van der Waals surface area (Å²) in [6, 6.07) is 4.96. The van der Waals surface area contributed by atoms with E-state index in [0.29, 0.717) is 18.7 Å². The Labute approximate surface area is 110 Å². The number of rotatable bonds is 2. The summed E-state index contributed by atoms with van der Waals surface area (Å²) in [6.07, 6.45) is 0.799. The van der Waals surface area contributed by atoms with Crippen molar-refractivity contribution in [1.82, 2.24) is 5.32 Å². The molecule has 1 aromatic carbocycles. The van der Waals surface area contributed by atoms with E-state index in [0.717, 1.165) is 10.9 Å². The summed E-state index contributed by atoms with van der Waals surface area (Å²) in [5.74, 6) is -0.208. The molecule has 1 heterocycles. The number of halogens is 2. The number of morpholine rings is 1. The van der Waals surface area contributed by atoms with Gasteiger partial charge in [0.2, 0.25) is 0 Å². The van der Waals surface area contributed by atoms with Gasteiger partial charge in [0, 0.05) is 22.1 Å². The van der Waals surface area contributed by atoms with Crippen LogP contribution < -0.4 is 5.32 Å². The minimum Gasteiger partial charge on any atom is -0.370 e. The molecule has 0 amide bonds. The highest BCUT2D eigenvalue weighted by molar-refractivity contribution is 9.10. The zero-order chi connectivity index (χ0) is 12.5. The van der Waals surface area contributed by atoms with Crippen LogP contribution in [0.5, 0.6) is 0 Å². The highest BCUT2D eigenvalue weighted by Gasteiger charge is 2.31. The van der Waals surface area contributed by atoms with E-state index >= 15 is 0 Å². The van der Waals surface area contributed by atoms with Crippen molar-refractivity contribution in [3.63, 3.8) is 0 Å². The standard InChI is InChI=1S/C13H17BrFNO/c1-3-13(2)8-17-12(7-16-13)10-6-9(14)4-5-11(10)15/h4-6,12,16H,3,7-8H2,1-2H3. The molecule has 2 unspecified atom stereocenters. The Kier molecular flexibility index (Phi) is 3.85. The first-order valence-electron chi connectivity index (χ1n) is 5.86. The van der Waals surface area contributed by atoms with Gasteiger partial charge >= 0.3 is 0 Å². The predicted molar refractivity (Wildman–Crippen MR) is 69.5 cm³/mol. The fourth-order valence-electron chi connectivity index (χ4n) is 1.92. The smallest absolute Gasteiger partial charge is 0.129 e. The Morgan fingerprint density at radius 2 is 2.35 bits per heavy atom. The summed E-state index contributed by atoms with van der Waals surface area (Å²) in [5.41, 5.74) is 0.629. The summed E-state index contributed by atoms with van der Waals surface area (Å²) in [7, 11) is 0. The molecule has 1 aliphatic heterocycles. The van der Waals surface area contributed by atoms with Crippen LogP contribution in [-0.2, 0) is 4.74 Å². The molecule has 1 fully saturated rings. The van der Waals surface area contributed by atoms with Crippen LogP contribution in [0.2, 0.25) is 0 Å². The second-order valence-electron chi connectivity index (χ2n) is 4.76. The van der Waals surface area contributed by atoms with Crippen LogP contribution in [0, 0.1) is 5.82 Å². The maximum atomic E-state index is 13.7. The number of hydrogen-bond donors (Lipinski definition) is 1. The fraction of sp³-hybridized carbons (Fsp3) is 0.538. The number of ether oxygens (including phenoxy) is 1. The van der Waals surface area contributed by atoms with Gasteiger partial charge in [-0.1, -0.05) is 22.9 Å². The zero-order valence-corrected chi connectivity index (χ0v) is 11.7. The first-order chi connectivity index (χ1) is 8.04. The molecule has 0 bridgehead atoms. The Balaban J connectivity index is 2.13. The third-order valence-corrected chi connectivity index (χ3v) is 3.90. The van der Waals surface area contributed by atoms with Gasteiger partial charge < -0.3 is 10.1 Å². The lowest BCUT2D eigenvalue weighted by atomic mass is 9.96. The summed E-state index contributed by atoms with van der Waals surface area (Å²) in [4.78, 5) is 0. The normalized spacial score (nSPS) is 29.3. The van der Waals surface area contributed by atoms with E-state index < -0.39 is 0 Å². The minimum absolute atomic E-state index is 0.0129. The summed E-state index contributed by atoms with van der Waals surface area (Å²) < 4.78 is 20.4. The van der Waals surface area contributed by atoms with Crippen LogP contribution in [0.4, 0.5) is 4.39 Å². The maximum absolute atomic E-state index is 13.7. The van der Waals surface area contributed by atoms with E-state index in [1.807, 2.05) is 0 Å². The molecular formula is C13H17BrFNO. The third-order valence-electron chi connectivity index (χ3n) is 3.40. The molecule has 1 N–H and O–H groups in total. The van der Waals surface area contributed by atoms with Crippen molar-refractivity contribution in [2.24, 2.45) is 0 Å². The monoisotopic (exact) mass is 301 g/mol. The van der Waals surface area contributed by atoms with Crippen molar-refractivity contribution in [3.05, 3.63) is 34.1 Å². The van der Waals surface area contributed by atoms with Crippen molar-refractivity contribution in [3.8, 4) is 0 Å². The lowest BCUT2D eigenvalue weighted by molar-refractivity contribution is -0.0314. The number of nitrogens with one attached hydrogen (secondary N) is 1. The highest BCUT2D eigenvalue weighted by atomic mass is 79.9. The third kappa shape index (κ3) is 2.87. The van der Waals surface area contributed by atoms with E-state index in [1.54, 1.807) is 12.1 Å². The van der Waals surface area contributed by atoms with Gasteiger partial charge in [0.1, 0.15) is 5.82 Å². The number of hydrogen-bond acceptors (Lipinski definition) is 2. The van der Waals surface area contributed by atoms with Crippen molar-refractivity contribution in [2.75, 3.05) is 13.2 Å². The summed E-state index contributed by atoms with van der Waals surface area (Å²) in [5, 5.41) is 3.43. The predicted octanol–water partition coefficient (Wildman–Crippen LogP) is 3.42. The molecule has 1 saturated heterocycles. The molecule has 1 aromatic rings. The van der Waals surface area contributed by atoms with Crippen LogP contribution in [0.15, 0.2) is 22.7 Å². The lowest BCUT2D eigenvalue weighted by Crippen LogP contribution is -2.52. The van der Waals surface area contributed by atoms with E-state index in [4.69, 9.17) is 4.74 Å². The number of benzene rings is 1. The van der Waals surface area contributed by atoms with Crippen LogP contribution in [0.25, 0.3) is 0 Å². The van der Waals surface area contributed by atoms with Crippen LogP contribution in [0.3, 0.4) is 0 Å². The molecule has 0 saturated carbocycles. The average molecular weight is 302 g/mol. The van der Waals surface area contributed by atoms with Crippen molar-refractivity contribution in [1.29, 1.82) is 0 Å². The second kappa shape index (κ2) is 5.04. The van der Waals surface area contributed by atoms with E-state index in [1.165, 1.54) is 6.07 Å². The first-order valence-corrected chi connectivity index (χ1v) is 6.65. The molecule has 2 atom stereocenters. The largest absolute Gasteiger partial charge is 0.370 e. The molecular weight excluding hydrogens is 285 g/mol. The minimum atomic E-state index is -0.208. The Morgan fingerprint density at radius 3 is 2.94 bits per heavy atom. The maximum Gasteiger partial charge on any atom is 0.129 e. The van der Waals surface area contributed by atoms with Crippen LogP contribution in [-0.4, -0.2) is 18.7 Å². The van der Waals surface area contributed by atoms with Crippen molar-refractivity contribution < 1.29 is 9.13 Å². The zero-order valence-electron chi connectivity index (χ0n) is 10.1. The molecule has 2 rings (SSSR count). The molecule has 0 aromatic heterocycles. The van der Waals surface area contributed by atoms with Gasteiger partial charge in [0.25, 0.3) is 0 Å². The summed E-state index contributed by atoms with van der Waals surface area (Å²) in [6.45, 7) is 5.51. The van der Waals surface area contributed by atoms with Gasteiger partial charge in [-0.25, -0.2) is 4.39 Å². The fourth-order valence-corrected chi connectivity index (χ4v) is 2.30. The Morgan fingerprint density at radius 1 is 1.59 bits per heavy atom. The van der Waals surface area contributed by atoms with Gasteiger partial charge in [-0.3, -0.25) is 0 Å². The Hall–Kier alpha value is -0.450. The van der Waals surface area contributed by atoms with Gasteiger partial charge in [-0.05, 0) is 31.5 Å². The van der Waals surface area contributed by atoms with Gasteiger partial charge in [-0.2, -0.15) is 0 Å². The Bertz CT molecular complexity index is 402. The van der Waals surface area contributed by atoms with E-state index in [-0.39, 0.29) is 17.5 Å². The molecule has 0 radical (unpaired) electrons. The van der Waals surface area contributed by atoms with Gasteiger partial charge in [-0.15, -0.1) is 0 Å². The van der Waals surface area contributed by atoms with E-state index in [2.05, 4.69) is 35.1 Å². The topological polar surface area (TPSA) is 21.3 Å².